The molecular formula is C37H24N6Pt. The minimum Gasteiger partial charge on any atom is -0.300 e. The van der Waals surface area contributed by atoms with Crippen LogP contribution in [0.5, 0.6) is 0 Å². The summed E-state index contributed by atoms with van der Waals surface area (Å²) >= 11 is 0. The van der Waals surface area contributed by atoms with E-state index in [4.69, 9.17) is 16.5 Å². The summed E-state index contributed by atoms with van der Waals surface area (Å²) in [4.78, 5) is 22.4. The van der Waals surface area contributed by atoms with Crippen molar-refractivity contribution >= 4 is 5.69 Å². The fraction of sp³-hybridized carbons (Fsp3) is 0.0811. The van der Waals surface area contributed by atoms with Gasteiger partial charge in [0.2, 0.25) is 0 Å². The molecule has 0 N–H and O–H groups in total. The quantitative estimate of drug-likeness (QED) is 0.160. The van der Waals surface area contributed by atoms with Crippen LogP contribution < -0.4 is 0 Å². The molecule has 0 aliphatic heterocycles. The van der Waals surface area contributed by atoms with E-state index in [1.165, 1.54) is 0 Å². The zero-order valence-electron chi connectivity index (χ0n) is 23.9. The van der Waals surface area contributed by atoms with Crippen LogP contribution in [-0.2, 0) is 26.5 Å². The van der Waals surface area contributed by atoms with Gasteiger partial charge in [0.05, 0.1) is 12.6 Å². The topological polar surface area (TPSA) is 79.7 Å². The Bertz CT molecular complexity index is 1880. The average Bonchev–Trinajstić information content (AvgIpc) is 3.08. The van der Waals surface area contributed by atoms with Crippen LogP contribution in [0.4, 0.5) is 5.69 Å². The number of rotatable bonds is 6. The summed E-state index contributed by atoms with van der Waals surface area (Å²) in [6, 6.07) is 35.3. The third kappa shape index (κ3) is 5.95. The zero-order valence-corrected chi connectivity index (χ0v) is 26.2. The third-order valence-corrected chi connectivity index (χ3v) is 7.41. The van der Waals surface area contributed by atoms with Gasteiger partial charge in [-0.05, 0) is 89.5 Å². The van der Waals surface area contributed by atoms with E-state index in [1.54, 1.807) is 49.1 Å². The Labute approximate surface area is 271 Å². The molecule has 212 valence electrons. The number of nitrogens with zero attached hydrogens (tertiary/aromatic N) is 6. The van der Waals surface area contributed by atoms with Crippen molar-refractivity contribution in [2.75, 3.05) is 0 Å². The summed E-state index contributed by atoms with van der Waals surface area (Å²) in [5.41, 5.74) is 8.77. The molecule has 0 fully saturated rings. The van der Waals surface area contributed by atoms with Crippen LogP contribution in [0.3, 0.4) is 0 Å². The van der Waals surface area contributed by atoms with Crippen molar-refractivity contribution in [3.63, 3.8) is 0 Å². The first kappa shape index (κ1) is 30.2. The molecule has 6 aromatic rings. The first-order valence-electron chi connectivity index (χ1n) is 13.6. The Balaban J connectivity index is 0.00000384. The van der Waals surface area contributed by atoms with E-state index in [1.807, 2.05) is 48.5 Å². The number of nitriles is 1. The Morgan fingerprint density at radius 2 is 1.20 bits per heavy atom. The standard InChI is InChI=1S/C37H24N6.Pt/c1-37(2,33-12-10-31(26-14-18-40-19-15-26)35(42-33)28-7-4-6-25(22-28)24-38)34-13-11-32(27-16-20-41-21-17-27)36(43-34)29-8-5-9-30(23-29)39-3;/h4-6,9-23H,1-2H3;/q-2;+2. The van der Waals surface area contributed by atoms with Crippen LogP contribution in [0.2, 0.25) is 0 Å². The van der Waals surface area contributed by atoms with Crippen LogP contribution in [0, 0.1) is 30.0 Å². The van der Waals surface area contributed by atoms with Gasteiger partial charge < -0.3 is 0 Å². The second-order valence-corrected chi connectivity index (χ2v) is 10.5. The van der Waals surface area contributed by atoms with Gasteiger partial charge in [-0.25, -0.2) is 0 Å². The Kier molecular flexibility index (Phi) is 8.86. The van der Waals surface area contributed by atoms with Crippen molar-refractivity contribution in [2.24, 2.45) is 0 Å². The van der Waals surface area contributed by atoms with E-state index in [0.717, 1.165) is 56.2 Å². The number of pyridine rings is 4. The minimum absolute atomic E-state index is 0. The molecule has 4 aromatic heterocycles. The van der Waals surface area contributed by atoms with Gasteiger partial charge in [0.1, 0.15) is 5.69 Å². The molecule has 2 aromatic carbocycles. The van der Waals surface area contributed by atoms with Gasteiger partial charge >= 0.3 is 21.1 Å². The van der Waals surface area contributed by atoms with E-state index in [2.05, 4.69) is 59.0 Å². The second-order valence-electron chi connectivity index (χ2n) is 10.5. The largest absolute Gasteiger partial charge is 2.00 e. The summed E-state index contributed by atoms with van der Waals surface area (Å²) in [6.45, 7) is 11.7. The molecule has 0 unspecified atom stereocenters. The van der Waals surface area contributed by atoms with E-state index in [9.17, 15) is 5.26 Å². The first-order valence-corrected chi connectivity index (χ1v) is 13.6. The van der Waals surface area contributed by atoms with Gasteiger partial charge in [0, 0.05) is 41.6 Å². The molecule has 0 aliphatic carbocycles. The van der Waals surface area contributed by atoms with Crippen molar-refractivity contribution in [3.8, 4) is 50.8 Å². The summed E-state index contributed by atoms with van der Waals surface area (Å²) in [5, 5.41) is 9.56. The predicted molar refractivity (Wildman–Crippen MR) is 167 cm³/mol. The number of hydrogen-bond acceptors (Lipinski definition) is 5. The van der Waals surface area contributed by atoms with Gasteiger partial charge in [-0.15, -0.1) is 53.6 Å². The summed E-state index contributed by atoms with van der Waals surface area (Å²) in [7, 11) is 0. The maximum atomic E-state index is 9.56. The number of benzene rings is 2. The molecule has 44 heavy (non-hydrogen) atoms. The zero-order chi connectivity index (χ0) is 29.8. The van der Waals surface area contributed by atoms with Crippen molar-refractivity contribution in [2.45, 2.75) is 19.3 Å². The molecule has 0 radical (unpaired) electrons. The summed E-state index contributed by atoms with van der Waals surface area (Å²) in [5.74, 6) is 0. The van der Waals surface area contributed by atoms with E-state index < -0.39 is 5.41 Å². The van der Waals surface area contributed by atoms with Crippen LogP contribution in [-0.4, -0.2) is 19.9 Å². The van der Waals surface area contributed by atoms with Gasteiger partial charge in [-0.3, -0.25) is 24.8 Å². The fourth-order valence-electron chi connectivity index (χ4n) is 5.02. The molecule has 0 saturated carbocycles. The Hall–Kier alpha value is -5.29. The molecule has 0 atom stereocenters. The van der Waals surface area contributed by atoms with Gasteiger partial charge in [-0.2, -0.15) is 11.3 Å². The van der Waals surface area contributed by atoms with Crippen molar-refractivity contribution < 1.29 is 21.1 Å². The smallest absolute Gasteiger partial charge is 0.300 e. The van der Waals surface area contributed by atoms with Crippen LogP contribution in [0.15, 0.2) is 110 Å². The summed E-state index contributed by atoms with van der Waals surface area (Å²) < 4.78 is 0. The van der Waals surface area contributed by atoms with Crippen LogP contribution in [0.1, 0.15) is 30.8 Å². The number of hydrogen-bond donors (Lipinski definition) is 0. The summed E-state index contributed by atoms with van der Waals surface area (Å²) in [6.07, 6.45) is 7.01. The van der Waals surface area contributed by atoms with Gasteiger partial charge in [0.25, 0.3) is 0 Å². The normalized spacial score (nSPS) is 10.7. The molecule has 4 heterocycles. The first-order chi connectivity index (χ1) is 21.0. The molecule has 0 spiro atoms. The van der Waals surface area contributed by atoms with E-state index in [0.29, 0.717) is 11.3 Å². The monoisotopic (exact) mass is 747 g/mol. The van der Waals surface area contributed by atoms with Gasteiger partial charge in [0.15, 0.2) is 0 Å². The minimum atomic E-state index is -0.610. The van der Waals surface area contributed by atoms with E-state index >= 15 is 0 Å². The molecule has 0 aliphatic rings. The predicted octanol–water partition coefficient (Wildman–Crippen LogP) is 8.28. The van der Waals surface area contributed by atoms with Crippen LogP contribution in [0.25, 0.3) is 49.6 Å². The molecule has 0 saturated heterocycles. The van der Waals surface area contributed by atoms with E-state index in [-0.39, 0.29) is 21.1 Å². The maximum Gasteiger partial charge on any atom is 2.00 e. The molecule has 7 heteroatoms. The molecule has 6 rings (SSSR count). The number of aromatic nitrogens is 4. The van der Waals surface area contributed by atoms with Gasteiger partial charge in [-0.1, -0.05) is 12.1 Å². The maximum absolute atomic E-state index is 9.56. The van der Waals surface area contributed by atoms with Crippen LogP contribution >= 0.6 is 0 Å². The second kappa shape index (κ2) is 12.9. The van der Waals surface area contributed by atoms with Crippen molar-refractivity contribution in [1.82, 2.24) is 19.9 Å². The SMILES string of the molecule is [C-]#[N+]c1cc[c-]c(-c2nc(C(C)(C)c3ccc(-c4ccncc4)c(-c4[c-]ccc(C#N)c4)n3)ccc2-c2ccncc2)c1.[Pt+2]. The molecule has 6 nitrogen and oxygen atoms in total. The Morgan fingerprint density at radius 3 is 1.70 bits per heavy atom. The molecule has 0 amide bonds. The fourth-order valence-corrected chi connectivity index (χ4v) is 5.02. The Morgan fingerprint density at radius 1 is 0.705 bits per heavy atom. The third-order valence-electron chi connectivity index (χ3n) is 7.41. The molecular weight excluding hydrogens is 724 g/mol. The van der Waals surface area contributed by atoms with Crippen molar-refractivity contribution in [3.05, 3.63) is 150 Å². The average molecular weight is 748 g/mol. The van der Waals surface area contributed by atoms with Crippen molar-refractivity contribution in [1.29, 1.82) is 5.26 Å². The molecule has 0 bridgehead atoms.